The standard InChI is InChI=1S/C19H22N4O5S2/c24-17-11-23(19(25)22-17)10-13-12-29-18(21-13)9-20-30(26,27)16-7-3-6-15(8-16)28-14-4-1-2-5-14/h3,6-8,12,14,20H,1-2,4-5,9-11H2,(H,22,24,25). The number of nitrogens with zero attached hydrogens (tertiary/aromatic N) is 2. The van der Waals surface area contributed by atoms with E-state index < -0.39 is 16.1 Å². The summed E-state index contributed by atoms with van der Waals surface area (Å²) in [7, 11) is -3.73. The van der Waals surface area contributed by atoms with Crippen LogP contribution in [0.4, 0.5) is 4.79 Å². The number of carbonyl (C=O) groups excluding carboxylic acids is 2. The molecule has 2 aromatic rings. The number of hydrogen-bond acceptors (Lipinski definition) is 7. The van der Waals surface area contributed by atoms with Gasteiger partial charge in [0.25, 0.3) is 0 Å². The highest BCUT2D eigenvalue weighted by molar-refractivity contribution is 7.89. The molecule has 11 heteroatoms. The Bertz CT molecular complexity index is 1050. The van der Waals surface area contributed by atoms with E-state index in [0.717, 1.165) is 25.7 Å². The zero-order chi connectivity index (χ0) is 21.1. The van der Waals surface area contributed by atoms with Crippen LogP contribution in [0.5, 0.6) is 5.75 Å². The Hall–Kier alpha value is -2.50. The van der Waals surface area contributed by atoms with Gasteiger partial charge in [-0.1, -0.05) is 6.07 Å². The van der Waals surface area contributed by atoms with E-state index in [4.69, 9.17) is 4.74 Å². The molecular weight excluding hydrogens is 428 g/mol. The number of benzene rings is 1. The number of rotatable bonds is 8. The molecule has 4 rings (SSSR count). The first kappa shape index (κ1) is 20.8. The summed E-state index contributed by atoms with van der Waals surface area (Å²) in [6, 6.07) is 6.05. The first-order valence-electron chi connectivity index (χ1n) is 9.67. The topological polar surface area (TPSA) is 118 Å². The van der Waals surface area contributed by atoms with Crippen molar-refractivity contribution in [2.24, 2.45) is 0 Å². The summed E-state index contributed by atoms with van der Waals surface area (Å²) in [5.74, 6) is 0.210. The van der Waals surface area contributed by atoms with Gasteiger partial charge < -0.3 is 9.64 Å². The highest BCUT2D eigenvalue weighted by Crippen LogP contribution is 2.25. The Kier molecular flexibility index (Phi) is 6.02. The van der Waals surface area contributed by atoms with Crippen molar-refractivity contribution in [2.75, 3.05) is 6.54 Å². The highest BCUT2D eigenvalue weighted by atomic mass is 32.2. The molecule has 1 saturated carbocycles. The Morgan fingerprint density at radius 3 is 2.80 bits per heavy atom. The van der Waals surface area contributed by atoms with Gasteiger partial charge in [-0.3, -0.25) is 10.1 Å². The normalized spacial score (nSPS) is 17.5. The average molecular weight is 451 g/mol. The number of nitrogens with one attached hydrogen (secondary N) is 2. The van der Waals surface area contributed by atoms with E-state index in [1.807, 2.05) is 0 Å². The fourth-order valence-electron chi connectivity index (χ4n) is 3.46. The number of hydrogen-bond donors (Lipinski definition) is 2. The molecule has 2 aliphatic rings. The number of imide groups is 1. The predicted molar refractivity (Wildman–Crippen MR) is 109 cm³/mol. The van der Waals surface area contributed by atoms with Crippen molar-refractivity contribution in [3.63, 3.8) is 0 Å². The molecule has 3 amide bonds. The van der Waals surface area contributed by atoms with Crippen LogP contribution in [0.1, 0.15) is 36.4 Å². The van der Waals surface area contributed by atoms with E-state index in [2.05, 4.69) is 15.0 Å². The minimum atomic E-state index is -3.73. The largest absolute Gasteiger partial charge is 0.490 e. The van der Waals surface area contributed by atoms with Gasteiger partial charge in [-0.05, 0) is 37.8 Å². The molecule has 2 fully saturated rings. The molecule has 2 N–H and O–H groups in total. The van der Waals surface area contributed by atoms with E-state index in [-0.39, 0.29) is 36.5 Å². The van der Waals surface area contributed by atoms with Crippen LogP contribution in [-0.4, -0.2) is 42.9 Å². The maximum atomic E-state index is 12.7. The second kappa shape index (κ2) is 8.70. The van der Waals surface area contributed by atoms with Crippen molar-refractivity contribution >= 4 is 33.3 Å². The first-order chi connectivity index (χ1) is 14.4. The molecule has 160 valence electrons. The molecule has 9 nitrogen and oxygen atoms in total. The maximum Gasteiger partial charge on any atom is 0.324 e. The Labute approximate surface area is 178 Å². The molecule has 0 spiro atoms. The van der Waals surface area contributed by atoms with E-state index >= 15 is 0 Å². The van der Waals surface area contributed by atoms with Crippen LogP contribution >= 0.6 is 11.3 Å². The molecule has 30 heavy (non-hydrogen) atoms. The van der Waals surface area contributed by atoms with Crippen LogP contribution < -0.4 is 14.8 Å². The Morgan fingerprint density at radius 2 is 2.07 bits per heavy atom. The molecule has 0 radical (unpaired) electrons. The Balaban J connectivity index is 1.35. The minimum absolute atomic E-state index is 0.00239. The summed E-state index contributed by atoms with van der Waals surface area (Å²) >= 11 is 1.29. The lowest BCUT2D eigenvalue weighted by atomic mass is 10.3. The average Bonchev–Trinajstić information content (AvgIpc) is 3.44. The van der Waals surface area contributed by atoms with Gasteiger partial charge in [0, 0.05) is 11.4 Å². The molecule has 0 bridgehead atoms. The molecule has 1 saturated heterocycles. The number of amides is 3. The smallest absolute Gasteiger partial charge is 0.324 e. The second-order valence-corrected chi connectivity index (χ2v) is 9.98. The molecule has 1 aromatic carbocycles. The quantitative estimate of drug-likeness (QED) is 0.594. The number of sulfonamides is 1. The summed E-state index contributed by atoms with van der Waals surface area (Å²) in [5, 5.41) is 4.52. The van der Waals surface area contributed by atoms with Crippen LogP contribution in [-0.2, 0) is 27.9 Å². The van der Waals surface area contributed by atoms with E-state index in [0.29, 0.717) is 16.5 Å². The van der Waals surface area contributed by atoms with Crippen molar-refractivity contribution in [3.8, 4) is 5.75 Å². The lowest BCUT2D eigenvalue weighted by Gasteiger charge is -2.14. The molecule has 0 atom stereocenters. The van der Waals surface area contributed by atoms with Crippen molar-refractivity contribution < 1.29 is 22.7 Å². The SMILES string of the molecule is O=C1CN(Cc2csc(CNS(=O)(=O)c3cccc(OC4CCCC4)c3)n2)C(=O)N1. The van der Waals surface area contributed by atoms with E-state index in [9.17, 15) is 18.0 Å². The molecule has 1 aliphatic heterocycles. The fraction of sp³-hybridized carbons (Fsp3) is 0.421. The summed E-state index contributed by atoms with van der Waals surface area (Å²) in [6.07, 6.45) is 4.42. The number of thiazole rings is 1. The maximum absolute atomic E-state index is 12.7. The van der Waals surface area contributed by atoms with Crippen LogP contribution in [0.15, 0.2) is 34.5 Å². The van der Waals surface area contributed by atoms with Gasteiger partial charge in [-0.15, -0.1) is 11.3 Å². The summed E-state index contributed by atoms with van der Waals surface area (Å²) in [5.41, 5.74) is 0.603. The summed E-state index contributed by atoms with van der Waals surface area (Å²) < 4.78 is 33.8. The number of ether oxygens (including phenoxy) is 1. The van der Waals surface area contributed by atoms with Crippen LogP contribution in [0.2, 0.25) is 0 Å². The summed E-state index contributed by atoms with van der Waals surface area (Å²) in [4.78, 5) is 28.7. The second-order valence-electron chi connectivity index (χ2n) is 7.27. The number of carbonyl (C=O) groups is 2. The molecule has 2 heterocycles. The lowest BCUT2D eigenvalue weighted by Crippen LogP contribution is -2.28. The van der Waals surface area contributed by atoms with E-state index in [1.54, 1.807) is 17.5 Å². The van der Waals surface area contributed by atoms with Gasteiger partial charge in [-0.25, -0.2) is 22.9 Å². The third-order valence-electron chi connectivity index (χ3n) is 4.95. The van der Waals surface area contributed by atoms with Gasteiger partial charge in [0.05, 0.1) is 29.8 Å². The molecule has 1 aliphatic carbocycles. The van der Waals surface area contributed by atoms with Gasteiger partial charge in [0.15, 0.2) is 0 Å². The highest BCUT2D eigenvalue weighted by Gasteiger charge is 2.27. The first-order valence-corrected chi connectivity index (χ1v) is 12.0. The van der Waals surface area contributed by atoms with Crippen LogP contribution in [0.3, 0.4) is 0 Å². The fourth-order valence-corrected chi connectivity index (χ4v) is 5.30. The van der Waals surface area contributed by atoms with Crippen molar-refractivity contribution in [1.82, 2.24) is 19.9 Å². The zero-order valence-corrected chi connectivity index (χ0v) is 17.8. The summed E-state index contributed by atoms with van der Waals surface area (Å²) in [6.45, 7) is 0.227. The monoisotopic (exact) mass is 450 g/mol. The number of aromatic nitrogens is 1. The van der Waals surface area contributed by atoms with Crippen molar-refractivity contribution in [1.29, 1.82) is 0 Å². The lowest BCUT2D eigenvalue weighted by molar-refractivity contribution is -0.118. The third-order valence-corrected chi connectivity index (χ3v) is 7.25. The Morgan fingerprint density at radius 1 is 1.27 bits per heavy atom. The number of urea groups is 1. The van der Waals surface area contributed by atoms with E-state index in [1.165, 1.54) is 28.4 Å². The zero-order valence-electron chi connectivity index (χ0n) is 16.2. The van der Waals surface area contributed by atoms with Crippen molar-refractivity contribution in [3.05, 3.63) is 40.3 Å². The minimum Gasteiger partial charge on any atom is -0.490 e. The third kappa shape index (κ3) is 4.97. The van der Waals surface area contributed by atoms with Gasteiger partial charge in [0.1, 0.15) is 17.3 Å². The van der Waals surface area contributed by atoms with Gasteiger partial charge in [-0.2, -0.15) is 0 Å². The van der Waals surface area contributed by atoms with Crippen LogP contribution in [0.25, 0.3) is 0 Å². The molecule has 1 aromatic heterocycles. The van der Waals surface area contributed by atoms with Gasteiger partial charge >= 0.3 is 6.03 Å². The molecule has 0 unspecified atom stereocenters. The molecular formula is C19H22N4O5S2. The van der Waals surface area contributed by atoms with Gasteiger partial charge in [0.2, 0.25) is 15.9 Å². The van der Waals surface area contributed by atoms with Crippen LogP contribution in [0, 0.1) is 0 Å². The predicted octanol–water partition coefficient (Wildman–Crippen LogP) is 1.99. The van der Waals surface area contributed by atoms with Crippen molar-refractivity contribution in [2.45, 2.75) is 49.8 Å².